The van der Waals surface area contributed by atoms with Crippen LogP contribution in [-0.2, 0) is 14.4 Å². The molecule has 0 atom stereocenters. The number of carbonyl (C=O) groups is 3. The summed E-state index contributed by atoms with van der Waals surface area (Å²) in [6.45, 7) is 5.24. The van der Waals surface area contributed by atoms with Crippen LogP contribution in [0.15, 0.2) is 78.5 Å². The summed E-state index contributed by atoms with van der Waals surface area (Å²) in [5.74, 6) is -0.943. The van der Waals surface area contributed by atoms with E-state index in [1.807, 2.05) is 62.4 Å². The van der Waals surface area contributed by atoms with Gasteiger partial charge in [0.25, 0.3) is 11.8 Å². The molecule has 0 saturated heterocycles. The van der Waals surface area contributed by atoms with Crippen LogP contribution in [-0.4, -0.2) is 17.7 Å². The standard InChI is InChI=1S/C26H23N3O3/c1-16-9-10-17(2)22(15-16)29-25(31)23(19-7-5-4-6-8-19)24(26(29)32)28-21-13-11-20(12-14-21)27-18(3)30/h4-15,28H,1-3H3,(H,27,30). The molecule has 0 aromatic heterocycles. The van der Waals surface area contributed by atoms with Crippen molar-refractivity contribution in [3.8, 4) is 0 Å². The predicted molar refractivity (Wildman–Crippen MR) is 126 cm³/mol. The summed E-state index contributed by atoms with van der Waals surface area (Å²) in [4.78, 5) is 39.5. The maximum Gasteiger partial charge on any atom is 0.282 e. The highest BCUT2D eigenvalue weighted by atomic mass is 16.2. The van der Waals surface area contributed by atoms with E-state index < -0.39 is 5.91 Å². The van der Waals surface area contributed by atoms with Crippen LogP contribution in [0, 0.1) is 13.8 Å². The maximum atomic E-state index is 13.5. The molecule has 1 heterocycles. The highest BCUT2D eigenvalue weighted by Crippen LogP contribution is 2.35. The summed E-state index contributed by atoms with van der Waals surface area (Å²) in [7, 11) is 0. The molecule has 160 valence electrons. The third-order valence-corrected chi connectivity index (χ3v) is 5.23. The number of hydrogen-bond acceptors (Lipinski definition) is 4. The van der Waals surface area contributed by atoms with Gasteiger partial charge in [0.15, 0.2) is 0 Å². The van der Waals surface area contributed by atoms with E-state index in [9.17, 15) is 14.4 Å². The number of rotatable bonds is 5. The van der Waals surface area contributed by atoms with Crippen molar-refractivity contribution >= 4 is 40.4 Å². The Kier molecular flexibility index (Phi) is 5.60. The Morgan fingerprint density at radius 1 is 0.812 bits per heavy atom. The minimum atomic E-state index is -0.409. The molecule has 1 aliphatic heterocycles. The fraction of sp³-hybridized carbons (Fsp3) is 0.115. The average molecular weight is 425 g/mol. The van der Waals surface area contributed by atoms with E-state index in [0.717, 1.165) is 11.1 Å². The number of hydrogen-bond donors (Lipinski definition) is 2. The Bertz CT molecular complexity index is 1250. The number of nitrogens with one attached hydrogen (secondary N) is 2. The van der Waals surface area contributed by atoms with E-state index in [-0.39, 0.29) is 17.5 Å². The molecule has 0 saturated carbocycles. The van der Waals surface area contributed by atoms with Gasteiger partial charge in [0.05, 0.1) is 11.3 Å². The van der Waals surface area contributed by atoms with Crippen LogP contribution < -0.4 is 15.5 Å². The summed E-state index contributed by atoms with van der Waals surface area (Å²) in [5, 5.41) is 5.85. The molecule has 0 fully saturated rings. The topological polar surface area (TPSA) is 78.5 Å². The van der Waals surface area contributed by atoms with Crippen LogP contribution >= 0.6 is 0 Å². The molecule has 32 heavy (non-hydrogen) atoms. The van der Waals surface area contributed by atoms with Gasteiger partial charge in [0.1, 0.15) is 5.70 Å². The predicted octanol–water partition coefficient (Wildman–Crippen LogP) is 4.66. The Morgan fingerprint density at radius 3 is 2.12 bits per heavy atom. The van der Waals surface area contributed by atoms with Crippen LogP contribution in [0.4, 0.5) is 17.1 Å². The number of amides is 3. The first-order valence-corrected chi connectivity index (χ1v) is 10.3. The first-order valence-electron chi connectivity index (χ1n) is 10.3. The average Bonchev–Trinajstić information content (AvgIpc) is 3.01. The van der Waals surface area contributed by atoms with Crippen molar-refractivity contribution in [3.05, 3.63) is 95.2 Å². The fourth-order valence-corrected chi connectivity index (χ4v) is 3.68. The lowest BCUT2D eigenvalue weighted by atomic mass is 10.0. The lowest BCUT2D eigenvalue weighted by molar-refractivity contribution is -0.120. The first kappa shape index (κ1) is 21.1. The van der Waals surface area contributed by atoms with Crippen molar-refractivity contribution in [3.63, 3.8) is 0 Å². The van der Waals surface area contributed by atoms with E-state index in [2.05, 4.69) is 10.6 Å². The Labute approximate surface area is 186 Å². The van der Waals surface area contributed by atoms with Gasteiger partial charge in [0, 0.05) is 18.3 Å². The van der Waals surface area contributed by atoms with E-state index >= 15 is 0 Å². The molecule has 6 heteroatoms. The molecular weight excluding hydrogens is 402 g/mol. The third-order valence-electron chi connectivity index (χ3n) is 5.23. The molecule has 6 nitrogen and oxygen atoms in total. The highest BCUT2D eigenvalue weighted by Gasteiger charge is 2.40. The number of anilines is 3. The van der Waals surface area contributed by atoms with E-state index in [1.54, 1.807) is 24.3 Å². The summed E-state index contributed by atoms with van der Waals surface area (Å²) in [6, 6.07) is 21.8. The van der Waals surface area contributed by atoms with Crippen molar-refractivity contribution in [2.45, 2.75) is 20.8 Å². The van der Waals surface area contributed by atoms with Crippen LogP contribution in [0.25, 0.3) is 5.57 Å². The van der Waals surface area contributed by atoms with E-state index in [1.165, 1.54) is 11.8 Å². The van der Waals surface area contributed by atoms with Crippen molar-refractivity contribution in [2.24, 2.45) is 0 Å². The fourth-order valence-electron chi connectivity index (χ4n) is 3.68. The van der Waals surface area contributed by atoms with Crippen molar-refractivity contribution in [1.29, 1.82) is 0 Å². The van der Waals surface area contributed by atoms with Gasteiger partial charge >= 0.3 is 0 Å². The van der Waals surface area contributed by atoms with Gasteiger partial charge in [-0.15, -0.1) is 0 Å². The number of carbonyl (C=O) groups excluding carboxylic acids is 3. The normalized spacial score (nSPS) is 13.5. The summed E-state index contributed by atoms with van der Waals surface area (Å²) in [6.07, 6.45) is 0. The number of nitrogens with zero attached hydrogens (tertiary/aromatic N) is 1. The zero-order valence-corrected chi connectivity index (χ0v) is 18.1. The number of imide groups is 1. The molecule has 0 bridgehead atoms. The third kappa shape index (κ3) is 4.03. The zero-order chi connectivity index (χ0) is 22.8. The van der Waals surface area contributed by atoms with Crippen LogP contribution in [0.3, 0.4) is 0 Å². The van der Waals surface area contributed by atoms with Gasteiger partial charge in [-0.2, -0.15) is 0 Å². The van der Waals surface area contributed by atoms with Gasteiger partial charge in [-0.05, 0) is 60.9 Å². The smallest absolute Gasteiger partial charge is 0.282 e. The molecule has 0 radical (unpaired) electrons. The molecule has 0 spiro atoms. The largest absolute Gasteiger partial charge is 0.350 e. The maximum absolute atomic E-state index is 13.5. The van der Waals surface area contributed by atoms with Gasteiger partial charge < -0.3 is 10.6 Å². The number of aryl methyl sites for hydroxylation is 2. The van der Waals surface area contributed by atoms with E-state index in [0.29, 0.717) is 28.2 Å². The summed E-state index contributed by atoms with van der Waals surface area (Å²) >= 11 is 0. The molecule has 2 N–H and O–H groups in total. The lowest BCUT2D eigenvalue weighted by Crippen LogP contribution is -2.33. The molecule has 3 aromatic carbocycles. The van der Waals surface area contributed by atoms with Crippen LogP contribution in [0.2, 0.25) is 0 Å². The Morgan fingerprint density at radius 2 is 1.47 bits per heavy atom. The molecule has 3 amide bonds. The van der Waals surface area contributed by atoms with E-state index in [4.69, 9.17) is 0 Å². The monoisotopic (exact) mass is 425 g/mol. The summed E-state index contributed by atoms with van der Waals surface area (Å²) < 4.78 is 0. The summed E-state index contributed by atoms with van der Waals surface area (Å²) in [5.41, 5.74) is 4.85. The zero-order valence-electron chi connectivity index (χ0n) is 18.1. The minimum absolute atomic E-state index is 0.166. The minimum Gasteiger partial charge on any atom is -0.350 e. The van der Waals surface area contributed by atoms with Crippen molar-refractivity contribution < 1.29 is 14.4 Å². The van der Waals surface area contributed by atoms with Crippen LogP contribution in [0.1, 0.15) is 23.6 Å². The molecule has 0 aliphatic carbocycles. The van der Waals surface area contributed by atoms with Gasteiger partial charge in [0.2, 0.25) is 5.91 Å². The molecule has 4 rings (SSSR count). The second-order valence-electron chi connectivity index (χ2n) is 7.74. The molecular formula is C26H23N3O3. The quantitative estimate of drug-likeness (QED) is 0.583. The Hall–Kier alpha value is -4.19. The van der Waals surface area contributed by atoms with Crippen molar-refractivity contribution in [1.82, 2.24) is 0 Å². The first-order chi connectivity index (χ1) is 15.3. The highest BCUT2D eigenvalue weighted by molar-refractivity contribution is 6.46. The SMILES string of the molecule is CC(=O)Nc1ccc(NC2=C(c3ccccc3)C(=O)N(c3cc(C)ccc3C)C2=O)cc1. The molecule has 3 aromatic rings. The molecule has 1 aliphatic rings. The molecule has 0 unspecified atom stereocenters. The van der Waals surface area contributed by atoms with Gasteiger partial charge in [-0.1, -0.05) is 42.5 Å². The van der Waals surface area contributed by atoms with Crippen LogP contribution in [0.5, 0.6) is 0 Å². The lowest BCUT2D eigenvalue weighted by Gasteiger charge is -2.18. The van der Waals surface area contributed by atoms with Gasteiger partial charge in [-0.25, -0.2) is 4.90 Å². The Balaban J connectivity index is 1.76. The second kappa shape index (κ2) is 8.51. The number of benzene rings is 3. The van der Waals surface area contributed by atoms with Crippen molar-refractivity contribution in [2.75, 3.05) is 15.5 Å². The second-order valence-corrected chi connectivity index (χ2v) is 7.74. The van der Waals surface area contributed by atoms with Gasteiger partial charge in [-0.3, -0.25) is 14.4 Å².